The summed E-state index contributed by atoms with van der Waals surface area (Å²) in [5, 5.41) is 0. The number of H-pyrrole nitrogens is 1. The Labute approximate surface area is 200 Å². The van der Waals surface area contributed by atoms with Gasteiger partial charge in [-0.2, -0.15) is 0 Å². The Morgan fingerprint density at radius 1 is 1.00 bits per heavy atom. The summed E-state index contributed by atoms with van der Waals surface area (Å²) in [5.74, 6) is 1.28. The highest BCUT2D eigenvalue weighted by atomic mass is 32.1. The van der Waals surface area contributed by atoms with Crippen molar-refractivity contribution in [1.82, 2.24) is 9.55 Å². The van der Waals surface area contributed by atoms with Crippen molar-refractivity contribution < 1.29 is 19.0 Å². The van der Waals surface area contributed by atoms with E-state index in [1.165, 1.54) is 32.0 Å². The van der Waals surface area contributed by atoms with E-state index < -0.39 is 0 Å². The summed E-state index contributed by atoms with van der Waals surface area (Å²) in [6.45, 7) is 2.02. The Balaban J connectivity index is 1.60. The average Bonchev–Trinajstić information content (AvgIpc) is 3.47. The highest BCUT2D eigenvalue weighted by Crippen LogP contribution is 2.38. The number of imidazole rings is 1. The molecule has 0 fully saturated rings. The molecule has 2 aromatic heterocycles. The minimum atomic E-state index is -0.265. The molecule has 0 radical (unpaired) electrons. The SMILES string of the molecule is COc1cc(/C=C/C(=O)c2cccc(-n3cc(-c4ccc(C)s4)[nH]c3=O)c2)cc(OC)c1OC. The number of hydrogen-bond acceptors (Lipinski definition) is 6. The zero-order chi connectivity index (χ0) is 24.2. The molecule has 2 aromatic carbocycles. The van der Waals surface area contributed by atoms with Crippen LogP contribution in [-0.4, -0.2) is 36.7 Å². The summed E-state index contributed by atoms with van der Waals surface area (Å²) in [4.78, 5) is 30.5. The topological polar surface area (TPSA) is 82.6 Å². The first-order chi connectivity index (χ1) is 16.4. The molecule has 0 spiro atoms. The van der Waals surface area contributed by atoms with Crippen LogP contribution in [0.1, 0.15) is 20.8 Å². The van der Waals surface area contributed by atoms with E-state index in [2.05, 4.69) is 4.98 Å². The molecular weight excluding hydrogens is 452 g/mol. The van der Waals surface area contributed by atoms with Crippen molar-refractivity contribution >= 4 is 23.2 Å². The molecule has 0 amide bonds. The maximum Gasteiger partial charge on any atom is 0.330 e. The maximum absolute atomic E-state index is 12.9. The molecular formula is C26H24N2O5S. The van der Waals surface area contributed by atoms with E-state index in [4.69, 9.17) is 14.2 Å². The van der Waals surface area contributed by atoms with E-state index in [1.807, 2.05) is 19.1 Å². The molecule has 0 saturated carbocycles. The smallest absolute Gasteiger partial charge is 0.330 e. The van der Waals surface area contributed by atoms with Crippen LogP contribution >= 0.6 is 11.3 Å². The molecule has 0 unspecified atom stereocenters. The summed E-state index contributed by atoms with van der Waals surface area (Å²) in [5.41, 5.74) is 2.26. The first-order valence-corrected chi connectivity index (χ1v) is 11.3. The summed E-state index contributed by atoms with van der Waals surface area (Å²) < 4.78 is 17.6. The molecule has 0 aliphatic carbocycles. The lowest BCUT2D eigenvalue weighted by Gasteiger charge is -2.12. The molecule has 8 heteroatoms. The molecule has 7 nitrogen and oxygen atoms in total. The minimum absolute atomic E-state index is 0.201. The number of thiophene rings is 1. The molecule has 4 rings (SSSR count). The number of carbonyl (C=O) groups is 1. The highest BCUT2D eigenvalue weighted by molar-refractivity contribution is 7.15. The fourth-order valence-corrected chi connectivity index (χ4v) is 4.40. The van der Waals surface area contributed by atoms with E-state index in [1.54, 1.807) is 60.0 Å². The van der Waals surface area contributed by atoms with Crippen LogP contribution in [0.2, 0.25) is 0 Å². The first-order valence-electron chi connectivity index (χ1n) is 10.4. The molecule has 0 aliphatic heterocycles. The van der Waals surface area contributed by atoms with Crippen LogP contribution in [0.5, 0.6) is 17.2 Å². The Hall–Kier alpha value is -4.04. The fraction of sp³-hybridized carbons (Fsp3) is 0.154. The molecule has 2 heterocycles. The van der Waals surface area contributed by atoms with Crippen LogP contribution in [-0.2, 0) is 0 Å². The van der Waals surface area contributed by atoms with Crippen LogP contribution in [0, 0.1) is 6.92 Å². The zero-order valence-electron chi connectivity index (χ0n) is 19.2. The van der Waals surface area contributed by atoms with Crippen LogP contribution in [0.15, 0.2) is 65.6 Å². The second kappa shape index (κ2) is 9.84. The van der Waals surface area contributed by atoms with E-state index in [9.17, 15) is 9.59 Å². The Morgan fingerprint density at radius 2 is 1.74 bits per heavy atom. The molecule has 0 saturated heterocycles. The van der Waals surface area contributed by atoms with Crippen molar-refractivity contribution in [3.63, 3.8) is 0 Å². The highest BCUT2D eigenvalue weighted by Gasteiger charge is 2.13. The largest absolute Gasteiger partial charge is 0.493 e. The lowest BCUT2D eigenvalue weighted by Crippen LogP contribution is -2.14. The van der Waals surface area contributed by atoms with Gasteiger partial charge in [0.05, 0.1) is 37.6 Å². The van der Waals surface area contributed by atoms with Gasteiger partial charge in [-0.15, -0.1) is 11.3 Å². The van der Waals surface area contributed by atoms with Gasteiger partial charge in [0.2, 0.25) is 5.75 Å². The van der Waals surface area contributed by atoms with Gasteiger partial charge < -0.3 is 19.2 Å². The number of allylic oxidation sites excluding steroid dienone is 1. The summed E-state index contributed by atoms with van der Waals surface area (Å²) in [6, 6.07) is 14.5. The van der Waals surface area contributed by atoms with E-state index in [0.717, 1.165) is 21.0 Å². The van der Waals surface area contributed by atoms with Gasteiger partial charge in [-0.3, -0.25) is 9.36 Å². The number of aryl methyl sites for hydroxylation is 1. The maximum atomic E-state index is 12.9. The first kappa shape index (κ1) is 23.1. The number of nitrogens with zero attached hydrogens (tertiary/aromatic N) is 1. The number of ketones is 1. The number of nitrogens with one attached hydrogen (secondary N) is 1. The van der Waals surface area contributed by atoms with Gasteiger partial charge in [0.25, 0.3) is 0 Å². The minimum Gasteiger partial charge on any atom is -0.493 e. The summed E-state index contributed by atoms with van der Waals surface area (Å²) in [7, 11) is 4.61. The fourth-order valence-electron chi connectivity index (χ4n) is 3.57. The number of hydrogen-bond donors (Lipinski definition) is 1. The van der Waals surface area contributed by atoms with Gasteiger partial charge >= 0.3 is 5.69 Å². The second-order valence-corrected chi connectivity index (χ2v) is 8.75. The quantitative estimate of drug-likeness (QED) is 0.282. The molecule has 0 bridgehead atoms. The van der Waals surface area contributed by atoms with Gasteiger partial charge in [0.15, 0.2) is 17.3 Å². The predicted molar refractivity (Wildman–Crippen MR) is 134 cm³/mol. The predicted octanol–water partition coefficient (Wildman–Crippen LogP) is 5.12. The monoisotopic (exact) mass is 476 g/mol. The Morgan fingerprint density at radius 3 is 2.35 bits per heavy atom. The summed E-state index contributed by atoms with van der Waals surface area (Å²) >= 11 is 1.61. The van der Waals surface area contributed by atoms with Crippen molar-refractivity contribution in [2.75, 3.05) is 21.3 Å². The number of aromatic nitrogens is 2. The number of aromatic amines is 1. The standard InChI is InChI=1S/C26H24N2O5S/c1-16-8-11-24(34-16)20-15-28(26(30)27-20)19-7-5-6-18(14-19)21(29)10-9-17-12-22(31-2)25(33-4)23(13-17)32-3/h5-15H,1-4H3,(H,27,30)/b10-9+. The van der Waals surface area contributed by atoms with E-state index in [0.29, 0.717) is 28.5 Å². The molecule has 4 aromatic rings. The van der Waals surface area contributed by atoms with Crippen molar-refractivity contribution in [3.05, 3.63) is 87.3 Å². The van der Waals surface area contributed by atoms with Gasteiger partial charge in [-0.1, -0.05) is 18.2 Å². The number of rotatable bonds is 8. The second-order valence-electron chi connectivity index (χ2n) is 7.46. The van der Waals surface area contributed by atoms with Crippen molar-refractivity contribution in [1.29, 1.82) is 0 Å². The van der Waals surface area contributed by atoms with Crippen molar-refractivity contribution in [3.8, 4) is 33.5 Å². The molecule has 1 N–H and O–H groups in total. The van der Waals surface area contributed by atoms with E-state index >= 15 is 0 Å². The normalized spacial score (nSPS) is 11.1. The van der Waals surface area contributed by atoms with Gasteiger partial charge in [-0.25, -0.2) is 4.79 Å². The third-order valence-corrected chi connectivity index (χ3v) is 6.28. The van der Waals surface area contributed by atoms with Crippen LogP contribution in [0.4, 0.5) is 0 Å². The van der Waals surface area contributed by atoms with Crippen molar-refractivity contribution in [2.24, 2.45) is 0 Å². The number of ether oxygens (including phenoxy) is 3. The van der Waals surface area contributed by atoms with Gasteiger partial charge in [0.1, 0.15) is 0 Å². The Kier molecular flexibility index (Phi) is 6.70. The Bertz CT molecular complexity index is 1400. The van der Waals surface area contributed by atoms with Crippen molar-refractivity contribution in [2.45, 2.75) is 6.92 Å². The summed E-state index contributed by atoms with van der Waals surface area (Å²) in [6.07, 6.45) is 4.90. The number of carbonyl (C=O) groups excluding carboxylic acids is 1. The van der Waals surface area contributed by atoms with Crippen LogP contribution in [0.25, 0.3) is 22.3 Å². The van der Waals surface area contributed by atoms with Gasteiger partial charge in [-0.05, 0) is 55.0 Å². The molecule has 174 valence electrons. The number of methoxy groups -OCH3 is 3. The lowest BCUT2D eigenvalue weighted by molar-refractivity contribution is 0.104. The van der Waals surface area contributed by atoms with Crippen LogP contribution < -0.4 is 19.9 Å². The third-order valence-electron chi connectivity index (χ3n) is 5.25. The van der Waals surface area contributed by atoms with E-state index in [-0.39, 0.29) is 11.5 Å². The molecule has 0 aliphatic rings. The van der Waals surface area contributed by atoms with Crippen LogP contribution in [0.3, 0.4) is 0 Å². The molecule has 34 heavy (non-hydrogen) atoms. The average molecular weight is 477 g/mol. The number of benzene rings is 2. The lowest BCUT2D eigenvalue weighted by atomic mass is 10.1. The zero-order valence-corrected chi connectivity index (χ0v) is 20.1. The molecule has 0 atom stereocenters. The third kappa shape index (κ3) is 4.67. The van der Waals surface area contributed by atoms with Gasteiger partial charge in [0, 0.05) is 16.6 Å².